The van der Waals surface area contributed by atoms with Crippen molar-refractivity contribution >= 4 is 5.91 Å². The molecule has 2 aromatic carbocycles. The number of hydrogen-bond acceptors (Lipinski definition) is 4. The molecule has 1 fully saturated rings. The maximum absolute atomic E-state index is 12.9. The molecule has 2 heterocycles. The summed E-state index contributed by atoms with van der Waals surface area (Å²) < 4.78 is 8.10. The van der Waals surface area contributed by atoms with Gasteiger partial charge in [0.05, 0.1) is 17.8 Å². The predicted octanol–water partition coefficient (Wildman–Crippen LogP) is 4.71. The van der Waals surface area contributed by atoms with Crippen LogP contribution in [0.2, 0.25) is 0 Å². The van der Waals surface area contributed by atoms with Gasteiger partial charge in [-0.05, 0) is 48.2 Å². The number of carbonyl (C=O) groups excluding carboxylic acids is 1. The van der Waals surface area contributed by atoms with Crippen LogP contribution in [0.15, 0.2) is 61.2 Å². The fraction of sp³-hybridized carbons (Fsp3) is 0.320. The molecule has 3 aromatic rings. The van der Waals surface area contributed by atoms with Crippen LogP contribution in [0, 0.1) is 11.3 Å². The molecule has 0 bridgehead atoms. The van der Waals surface area contributed by atoms with Crippen molar-refractivity contribution in [3.05, 3.63) is 77.9 Å². The summed E-state index contributed by atoms with van der Waals surface area (Å²) in [5, 5.41) is 9.53. The molecule has 1 unspecified atom stereocenters. The molecule has 1 aliphatic rings. The first-order valence-corrected chi connectivity index (χ1v) is 10.7. The molecule has 0 saturated carbocycles. The molecule has 6 nitrogen and oxygen atoms in total. The van der Waals surface area contributed by atoms with E-state index in [1.165, 1.54) is 0 Å². The predicted molar refractivity (Wildman–Crippen MR) is 118 cm³/mol. The Morgan fingerprint density at radius 2 is 2.10 bits per heavy atom. The largest absolute Gasteiger partial charge is 0.456 e. The van der Waals surface area contributed by atoms with Gasteiger partial charge in [0.1, 0.15) is 17.6 Å². The molecule has 0 N–H and O–H groups in total. The molecule has 1 aliphatic heterocycles. The first-order valence-electron chi connectivity index (χ1n) is 10.7. The zero-order valence-corrected chi connectivity index (χ0v) is 17.7. The number of likely N-dealkylation sites (tertiary alicyclic amines) is 1. The number of benzene rings is 2. The summed E-state index contributed by atoms with van der Waals surface area (Å²) in [4.78, 5) is 18.8. The third kappa shape index (κ3) is 4.95. The second kappa shape index (κ2) is 9.48. The number of amides is 1. The van der Waals surface area contributed by atoms with Crippen molar-refractivity contribution in [2.45, 2.75) is 38.1 Å². The maximum Gasteiger partial charge on any atom is 0.229 e. The van der Waals surface area contributed by atoms with Crippen molar-refractivity contribution < 1.29 is 9.53 Å². The van der Waals surface area contributed by atoms with Crippen LogP contribution in [0.3, 0.4) is 0 Å². The zero-order valence-electron chi connectivity index (χ0n) is 17.7. The Morgan fingerprint density at radius 3 is 2.90 bits per heavy atom. The third-order valence-electron chi connectivity index (χ3n) is 5.74. The topological polar surface area (TPSA) is 71.2 Å². The summed E-state index contributed by atoms with van der Waals surface area (Å²) in [6.45, 7) is 1.45. The Bertz CT molecular complexity index is 1090. The number of ether oxygens (including phenoxy) is 1. The van der Waals surface area contributed by atoms with Crippen LogP contribution in [0.5, 0.6) is 11.5 Å². The summed E-state index contributed by atoms with van der Waals surface area (Å²) in [7, 11) is 1.88. The van der Waals surface area contributed by atoms with Gasteiger partial charge in [-0.3, -0.25) is 4.79 Å². The Balaban J connectivity index is 1.58. The minimum absolute atomic E-state index is 0.156. The molecular formula is C25H26N4O2. The van der Waals surface area contributed by atoms with Gasteiger partial charge < -0.3 is 14.2 Å². The number of hydrogen-bond donors (Lipinski definition) is 0. The van der Waals surface area contributed by atoms with Crippen LogP contribution in [0.25, 0.3) is 0 Å². The normalized spacial score (nSPS) is 17.0. The van der Waals surface area contributed by atoms with Gasteiger partial charge in [0.25, 0.3) is 0 Å². The molecule has 31 heavy (non-hydrogen) atoms. The van der Waals surface area contributed by atoms with Crippen LogP contribution < -0.4 is 4.74 Å². The number of imidazole rings is 1. The Hall–Kier alpha value is -3.59. The summed E-state index contributed by atoms with van der Waals surface area (Å²) in [5.74, 6) is 1.15. The summed E-state index contributed by atoms with van der Waals surface area (Å²) in [5.41, 5.74) is 2.45. The monoisotopic (exact) mass is 414 g/mol. The zero-order chi connectivity index (χ0) is 21.6. The van der Waals surface area contributed by atoms with E-state index in [4.69, 9.17) is 4.74 Å². The SMILES string of the molecule is CN1CCCCCC(c2cccc(Oc3cc(Cn4ccnc4)ccc3C#N)c2)C1=O. The highest BCUT2D eigenvalue weighted by atomic mass is 16.5. The third-order valence-corrected chi connectivity index (χ3v) is 5.74. The minimum Gasteiger partial charge on any atom is -0.456 e. The highest BCUT2D eigenvalue weighted by Gasteiger charge is 2.25. The quantitative estimate of drug-likeness (QED) is 0.606. The van der Waals surface area contributed by atoms with Crippen molar-refractivity contribution in [2.24, 2.45) is 0 Å². The minimum atomic E-state index is -0.156. The van der Waals surface area contributed by atoms with E-state index in [1.807, 2.05) is 59.1 Å². The Kier molecular flexibility index (Phi) is 6.32. The van der Waals surface area contributed by atoms with Crippen molar-refractivity contribution in [3.8, 4) is 17.6 Å². The van der Waals surface area contributed by atoms with Crippen LogP contribution in [-0.4, -0.2) is 34.0 Å². The van der Waals surface area contributed by atoms with Crippen LogP contribution in [0.1, 0.15) is 48.3 Å². The van der Waals surface area contributed by atoms with E-state index in [-0.39, 0.29) is 11.8 Å². The average Bonchev–Trinajstić information content (AvgIpc) is 3.28. The average molecular weight is 415 g/mol. The van der Waals surface area contributed by atoms with E-state index in [0.29, 0.717) is 23.6 Å². The van der Waals surface area contributed by atoms with Crippen LogP contribution >= 0.6 is 0 Å². The molecule has 1 amide bonds. The molecular weight excluding hydrogens is 388 g/mol. The van der Waals surface area contributed by atoms with Crippen molar-refractivity contribution in [1.29, 1.82) is 5.26 Å². The van der Waals surface area contributed by atoms with E-state index < -0.39 is 0 Å². The van der Waals surface area contributed by atoms with Crippen molar-refractivity contribution in [1.82, 2.24) is 14.5 Å². The first kappa shape index (κ1) is 20.7. The second-order valence-corrected chi connectivity index (χ2v) is 8.01. The van der Waals surface area contributed by atoms with Gasteiger partial charge in [0.15, 0.2) is 0 Å². The summed E-state index contributed by atoms with van der Waals surface area (Å²) in [6, 6.07) is 15.5. The van der Waals surface area contributed by atoms with E-state index >= 15 is 0 Å². The van der Waals surface area contributed by atoms with E-state index in [0.717, 1.165) is 43.4 Å². The highest BCUT2D eigenvalue weighted by Crippen LogP contribution is 2.32. The van der Waals surface area contributed by atoms with E-state index in [9.17, 15) is 10.1 Å². The lowest BCUT2D eigenvalue weighted by molar-refractivity contribution is -0.132. The van der Waals surface area contributed by atoms with E-state index in [1.54, 1.807) is 18.6 Å². The van der Waals surface area contributed by atoms with Gasteiger partial charge in [-0.1, -0.05) is 31.0 Å². The highest BCUT2D eigenvalue weighted by molar-refractivity contribution is 5.83. The lowest BCUT2D eigenvalue weighted by atomic mass is 9.90. The molecule has 0 radical (unpaired) electrons. The number of nitriles is 1. The molecule has 4 rings (SSSR count). The second-order valence-electron chi connectivity index (χ2n) is 8.01. The fourth-order valence-electron chi connectivity index (χ4n) is 4.04. The standard InChI is InChI=1S/C25H26N4O2/c1-28-12-4-2-3-8-23(25(28)30)20-6-5-7-22(15-20)31-24-14-19(9-10-21(24)16-26)17-29-13-11-27-18-29/h5-7,9-11,13-15,18,23H,2-4,8,12,17H2,1H3. The van der Waals surface area contributed by atoms with Gasteiger partial charge in [-0.2, -0.15) is 5.26 Å². The Morgan fingerprint density at radius 1 is 1.19 bits per heavy atom. The van der Waals surface area contributed by atoms with Gasteiger partial charge in [0, 0.05) is 32.5 Å². The molecule has 1 saturated heterocycles. The van der Waals surface area contributed by atoms with Crippen molar-refractivity contribution in [2.75, 3.05) is 13.6 Å². The molecule has 158 valence electrons. The first-order chi connectivity index (χ1) is 15.1. The maximum atomic E-state index is 12.9. The summed E-state index contributed by atoms with van der Waals surface area (Å²) in [6.07, 6.45) is 9.47. The number of likely N-dealkylation sites (N-methyl/N-ethyl adjacent to an activating group) is 1. The van der Waals surface area contributed by atoms with Crippen LogP contribution in [0.4, 0.5) is 0 Å². The van der Waals surface area contributed by atoms with Crippen LogP contribution in [-0.2, 0) is 11.3 Å². The molecule has 1 atom stereocenters. The smallest absolute Gasteiger partial charge is 0.229 e. The molecule has 6 heteroatoms. The van der Waals surface area contributed by atoms with Crippen molar-refractivity contribution in [3.63, 3.8) is 0 Å². The number of nitrogens with zero attached hydrogens (tertiary/aromatic N) is 4. The van der Waals surface area contributed by atoms with Gasteiger partial charge >= 0.3 is 0 Å². The number of carbonyl (C=O) groups is 1. The van der Waals surface area contributed by atoms with Gasteiger partial charge in [-0.25, -0.2) is 4.98 Å². The summed E-state index contributed by atoms with van der Waals surface area (Å²) >= 11 is 0. The fourth-order valence-corrected chi connectivity index (χ4v) is 4.04. The van der Waals surface area contributed by atoms with E-state index in [2.05, 4.69) is 11.1 Å². The lowest BCUT2D eigenvalue weighted by Gasteiger charge is -2.27. The molecule has 0 aliphatic carbocycles. The number of rotatable bonds is 5. The lowest BCUT2D eigenvalue weighted by Crippen LogP contribution is -2.33. The molecule has 1 aromatic heterocycles. The Labute approximate surface area is 182 Å². The number of aromatic nitrogens is 2. The van der Waals surface area contributed by atoms with Gasteiger partial charge in [0.2, 0.25) is 5.91 Å². The van der Waals surface area contributed by atoms with Gasteiger partial charge in [-0.15, -0.1) is 0 Å². The molecule has 0 spiro atoms.